The molecule has 8 heteroatoms. The molecule has 0 aromatic carbocycles. The third-order valence-corrected chi connectivity index (χ3v) is 6.36. The number of hydrogen-bond donors (Lipinski definition) is 0. The molecule has 0 aromatic rings. The maximum atomic E-state index is 13.8. The Bertz CT molecular complexity index is 684. The van der Waals surface area contributed by atoms with Gasteiger partial charge in [-0.2, -0.15) is 13.2 Å². The summed E-state index contributed by atoms with van der Waals surface area (Å²) in [5.41, 5.74) is -1.08. The van der Waals surface area contributed by atoms with Crippen molar-refractivity contribution in [3.63, 3.8) is 0 Å². The Hall–Kier alpha value is -1.27. The molecule has 2 unspecified atom stereocenters. The molecule has 5 rings (SSSR count). The maximum Gasteiger partial charge on any atom is 0.449 e. The van der Waals surface area contributed by atoms with Crippen LogP contribution in [0.4, 0.5) is 13.2 Å². The third-order valence-electron chi connectivity index (χ3n) is 6.36. The number of fused-ring (bicyclic) bond motifs is 2. The van der Waals surface area contributed by atoms with Crippen molar-refractivity contribution in [1.29, 1.82) is 0 Å². The van der Waals surface area contributed by atoms with Gasteiger partial charge < -0.3 is 14.2 Å². The molecule has 1 aliphatic carbocycles. The molecule has 0 N–H and O–H groups in total. The monoisotopic (exact) mass is 388 g/mol. The summed E-state index contributed by atoms with van der Waals surface area (Å²) in [4.78, 5) is 11.4. The van der Waals surface area contributed by atoms with Crippen LogP contribution in [0.5, 0.6) is 0 Å². The minimum absolute atomic E-state index is 0.0311. The summed E-state index contributed by atoms with van der Waals surface area (Å²) in [6.45, 7) is 3.42. The van der Waals surface area contributed by atoms with Gasteiger partial charge in [0.1, 0.15) is 6.61 Å². The Morgan fingerprint density at radius 2 is 2.04 bits per heavy atom. The molecule has 0 aromatic heterocycles. The number of halogens is 3. The van der Waals surface area contributed by atoms with Gasteiger partial charge in [0.05, 0.1) is 6.61 Å². The van der Waals surface area contributed by atoms with Crippen LogP contribution in [-0.2, 0) is 24.0 Å². The van der Waals surface area contributed by atoms with Crippen LogP contribution in [0.1, 0.15) is 39.5 Å². The molecule has 2 bridgehead atoms. The van der Waals surface area contributed by atoms with E-state index in [1.807, 2.05) is 0 Å². The minimum atomic E-state index is -4.66. The van der Waals surface area contributed by atoms with Gasteiger partial charge in [-0.25, -0.2) is 9.78 Å². The minimum Gasteiger partial charge on any atom is -0.456 e. The molecular weight excluding hydrogens is 365 g/mol. The maximum absolute atomic E-state index is 13.8. The van der Waals surface area contributed by atoms with Gasteiger partial charge in [0.15, 0.2) is 5.60 Å². The van der Waals surface area contributed by atoms with Crippen molar-refractivity contribution in [2.45, 2.75) is 63.4 Å². The molecule has 5 aliphatic rings. The first-order valence-electron chi connectivity index (χ1n) is 9.24. The highest BCUT2D eigenvalue weighted by Gasteiger charge is 2.70. The summed E-state index contributed by atoms with van der Waals surface area (Å²) in [6.07, 6.45) is 1.89. The van der Waals surface area contributed by atoms with E-state index in [2.05, 4.69) is 12.8 Å². The van der Waals surface area contributed by atoms with Crippen molar-refractivity contribution in [2.24, 2.45) is 17.8 Å². The third kappa shape index (κ3) is 2.87. The highest BCUT2D eigenvalue weighted by atomic mass is 19.4. The summed E-state index contributed by atoms with van der Waals surface area (Å²) >= 11 is 0. The number of rotatable bonds is 3. The van der Waals surface area contributed by atoms with E-state index in [1.165, 1.54) is 0 Å². The number of ether oxygens (including phenoxy) is 3. The standard InChI is InChI=1S/C19H23F3O5/c1-4-9-23-10-12-14-6-5-11(2)13-7-8-17(3)25-16(18(13,14)27-26-17)24-15(12)19(20,21)22/h1,11,13-14,16H,5-10H2,2-3H3/t11-,13?,14+,16-,17?,18-/m1/s1. The van der Waals surface area contributed by atoms with Gasteiger partial charge in [-0.15, -0.1) is 6.42 Å². The fraction of sp³-hybridized carbons (Fsp3) is 0.789. The van der Waals surface area contributed by atoms with Crippen molar-refractivity contribution in [3.05, 3.63) is 11.3 Å². The lowest BCUT2D eigenvalue weighted by Crippen LogP contribution is -2.67. The second-order valence-electron chi connectivity index (χ2n) is 8.02. The number of hydrogen-bond acceptors (Lipinski definition) is 5. The number of terminal acetylenes is 1. The van der Waals surface area contributed by atoms with Crippen LogP contribution >= 0.6 is 0 Å². The molecule has 4 fully saturated rings. The molecule has 0 amide bonds. The van der Waals surface area contributed by atoms with Crippen LogP contribution in [0.25, 0.3) is 0 Å². The van der Waals surface area contributed by atoms with Crippen molar-refractivity contribution in [2.75, 3.05) is 13.2 Å². The van der Waals surface area contributed by atoms with E-state index in [9.17, 15) is 13.2 Å². The van der Waals surface area contributed by atoms with Crippen LogP contribution in [0.2, 0.25) is 0 Å². The second kappa shape index (κ2) is 6.38. The zero-order chi connectivity index (χ0) is 19.4. The molecule has 0 radical (unpaired) electrons. The lowest BCUT2D eigenvalue weighted by molar-refractivity contribution is -0.557. The van der Waals surface area contributed by atoms with Gasteiger partial charge in [-0.05, 0) is 32.1 Å². The molecule has 27 heavy (non-hydrogen) atoms. The van der Waals surface area contributed by atoms with Gasteiger partial charge in [-0.3, -0.25) is 0 Å². The Labute approximate surface area is 156 Å². The van der Waals surface area contributed by atoms with E-state index in [0.29, 0.717) is 12.8 Å². The summed E-state index contributed by atoms with van der Waals surface area (Å²) in [6, 6.07) is 0. The van der Waals surface area contributed by atoms with E-state index in [4.69, 9.17) is 30.4 Å². The van der Waals surface area contributed by atoms with E-state index in [-0.39, 0.29) is 30.6 Å². The fourth-order valence-electron chi connectivity index (χ4n) is 5.12. The molecule has 5 nitrogen and oxygen atoms in total. The topological polar surface area (TPSA) is 46.2 Å². The zero-order valence-electron chi connectivity index (χ0n) is 15.3. The predicted molar refractivity (Wildman–Crippen MR) is 86.6 cm³/mol. The van der Waals surface area contributed by atoms with Crippen LogP contribution in [0.15, 0.2) is 11.3 Å². The molecule has 1 saturated carbocycles. The quantitative estimate of drug-likeness (QED) is 0.419. The first-order valence-corrected chi connectivity index (χ1v) is 9.24. The van der Waals surface area contributed by atoms with Gasteiger partial charge in [0, 0.05) is 23.8 Å². The smallest absolute Gasteiger partial charge is 0.449 e. The Balaban J connectivity index is 1.82. The average molecular weight is 388 g/mol. The first-order chi connectivity index (χ1) is 12.7. The summed E-state index contributed by atoms with van der Waals surface area (Å²) in [7, 11) is 0. The predicted octanol–water partition coefficient (Wildman–Crippen LogP) is 3.70. The van der Waals surface area contributed by atoms with E-state index in [0.717, 1.165) is 12.8 Å². The largest absolute Gasteiger partial charge is 0.456 e. The van der Waals surface area contributed by atoms with Gasteiger partial charge >= 0.3 is 6.18 Å². The lowest BCUT2D eigenvalue weighted by Gasteiger charge is -2.57. The first kappa shape index (κ1) is 19.1. The molecule has 6 atom stereocenters. The number of alkyl halides is 3. The second-order valence-corrected chi connectivity index (χ2v) is 8.02. The van der Waals surface area contributed by atoms with Crippen LogP contribution in [0, 0.1) is 30.1 Å². The Morgan fingerprint density at radius 3 is 2.74 bits per heavy atom. The van der Waals surface area contributed by atoms with Gasteiger partial charge in [0.2, 0.25) is 17.8 Å². The molecule has 4 aliphatic heterocycles. The normalized spacial score (nSPS) is 43.6. The molecule has 3 saturated heterocycles. The van der Waals surface area contributed by atoms with Crippen molar-refractivity contribution in [1.82, 2.24) is 0 Å². The highest BCUT2D eigenvalue weighted by Crippen LogP contribution is 2.61. The summed E-state index contributed by atoms with van der Waals surface area (Å²) in [5.74, 6) is -0.252. The van der Waals surface area contributed by atoms with Gasteiger partial charge in [0.25, 0.3) is 0 Å². The van der Waals surface area contributed by atoms with Crippen molar-refractivity contribution >= 4 is 0 Å². The SMILES string of the molecule is C#CCOCC1=C(C(F)(F)F)O[C@@H]2OC3(C)CCC4[C@H](C)CC[C@@H]1[C@]42OO3. The van der Waals surface area contributed by atoms with Gasteiger partial charge in [-0.1, -0.05) is 12.8 Å². The molecule has 4 heterocycles. The van der Waals surface area contributed by atoms with E-state index < -0.39 is 35.5 Å². The average Bonchev–Trinajstić information content (AvgIpc) is 2.83. The van der Waals surface area contributed by atoms with Crippen molar-refractivity contribution in [3.8, 4) is 12.3 Å². The van der Waals surface area contributed by atoms with E-state index in [1.54, 1.807) is 6.92 Å². The van der Waals surface area contributed by atoms with Crippen LogP contribution in [-0.4, -0.2) is 37.1 Å². The Morgan fingerprint density at radius 1 is 1.26 bits per heavy atom. The van der Waals surface area contributed by atoms with Crippen LogP contribution < -0.4 is 0 Å². The fourth-order valence-corrected chi connectivity index (χ4v) is 5.12. The van der Waals surface area contributed by atoms with Crippen molar-refractivity contribution < 1.29 is 37.2 Å². The highest BCUT2D eigenvalue weighted by molar-refractivity contribution is 5.28. The molecule has 150 valence electrons. The van der Waals surface area contributed by atoms with E-state index >= 15 is 0 Å². The van der Waals surface area contributed by atoms with Crippen LogP contribution in [0.3, 0.4) is 0 Å². The summed E-state index contributed by atoms with van der Waals surface area (Å²) < 4.78 is 58.0. The molecule has 1 spiro atoms. The molecular formula is C19H23F3O5. The summed E-state index contributed by atoms with van der Waals surface area (Å²) in [5, 5.41) is 0. The number of allylic oxidation sites excluding steroid dienone is 1. The Kier molecular flexibility index (Phi) is 4.50. The lowest BCUT2D eigenvalue weighted by atomic mass is 9.59. The zero-order valence-corrected chi connectivity index (χ0v) is 15.3.